The molecule has 1 aromatic rings. The number of ether oxygens (including phenoxy) is 1. The second-order valence-electron chi connectivity index (χ2n) is 4.95. The van der Waals surface area contributed by atoms with Crippen LogP contribution in [0.3, 0.4) is 0 Å². The Morgan fingerprint density at radius 3 is 2.80 bits per heavy atom. The molecule has 2 rings (SSSR count). The Morgan fingerprint density at radius 1 is 1.45 bits per heavy atom. The normalized spacial score (nSPS) is 15.9. The minimum absolute atomic E-state index is 0.146. The minimum Gasteiger partial charge on any atom is -0.382 e. The van der Waals surface area contributed by atoms with Gasteiger partial charge in [-0.3, -0.25) is 4.79 Å². The van der Waals surface area contributed by atoms with Crippen molar-refractivity contribution in [2.24, 2.45) is 0 Å². The van der Waals surface area contributed by atoms with Gasteiger partial charge in [0.25, 0.3) is 5.91 Å². The molecule has 0 spiro atoms. The molecule has 0 bridgehead atoms. The van der Waals surface area contributed by atoms with Gasteiger partial charge in [-0.2, -0.15) is 0 Å². The van der Waals surface area contributed by atoms with E-state index in [0.717, 1.165) is 12.8 Å². The maximum absolute atomic E-state index is 13.8. The highest BCUT2D eigenvalue weighted by molar-refractivity contribution is 5.99. The molecule has 1 aliphatic heterocycles. The maximum Gasteiger partial charge on any atom is 0.256 e. The van der Waals surface area contributed by atoms with Gasteiger partial charge in [0.15, 0.2) is 0 Å². The van der Waals surface area contributed by atoms with E-state index in [1.54, 1.807) is 24.1 Å². The monoisotopic (exact) mass is 280 g/mol. The van der Waals surface area contributed by atoms with E-state index in [9.17, 15) is 9.18 Å². The zero-order valence-corrected chi connectivity index (χ0v) is 12.0. The van der Waals surface area contributed by atoms with Crippen LogP contribution < -0.4 is 5.32 Å². The van der Waals surface area contributed by atoms with E-state index in [1.165, 1.54) is 6.07 Å². The molecule has 0 unspecified atom stereocenters. The fraction of sp³-hybridized carbons (Fsp3) is 0.533. The van der Waals surface area contributed by atoms with E-state index >= 15 is 0 Å². The molecule has 1 saturated heterocycles. The van der Waals surface area contributed by atoms with Crippen LogP contribution in [-0.2, 0) is 4.74 Å². The number of carbonyl (C=O) groups is 1. The van der Waals surface area contributed by atoms with Crippen LogP contribution in [0.4, 0.5) is 10.1 Å². The fourth-order valence-electron chi connectivity index (χ4n) is 2.49. The van der Waals surface area contributed by atoms with E-state index in [4.69, 9.17) is 4.74 Å². The van der Waals surface area contributed by atoms with Gasteiger partial charge in [0, 0.05) is 32.8 Å². The highest BCUT2D eigenvalue weighted by Gasteiger charge is 2.25. The number of amides is 1. The first-order valence-electron chi connectivity index (χ1n) is 7.02. The molecule has 1 amide bonds. The summed E-state index contributed by atoms with van der Waals surface area (Å²) in [6.45, 7) is 3.79. The number of benzene rings is 1. The quantitative estimate of drug-likeness (QED) is 0.921. The number of anilines is 1. The summed E-state index contributed by atoms with van der Waals surface area (Å²) in [6.07, 6.45) is 1.65. The standard InChI is InChI=1S/C15H21FN2O2/c1-3-17-14-12(5-4-6-13(14)16)15(19)18(2)11-7-9-20-10-8-11/h4-6,11,17H,3,7-10H2,1-2H3. The molecule has 0 saturated carbocycles. The van der Waals surface area contributed by atoms with Crippen molar-refractivity contribution in [1.29, 1.82) is 0 Å². The Morgan fingerprint density at radius 2 is 2.15 bits per heavy atom. The van der Waals surface area contributed by atoms with Crippen LogP contribution in [-0.4, -0.2) is 43.7 Å². The van der Waals surface area contributed by atoms with E-state index < -0.39 is 5.82 Å². The lowest BCUT2D eigenvalue weighted by atomic mass is 10.1. The summed E-state index contributed by atoms with van der Waals surface area (Å²) in [5.41, 5.74) is 0.680. The molecule has 0 aliphatic carbocycles. The molecule has 1 aliphatic rings. The molecule has 1 fully saturated rings. The fourth-order valence-corrected chi connectivity index (χ4v) is 2.49. The maximum atomic E-state index is 13.8. The number of hydrogen-bond donors (Lipinski definition) is 1. The molecule has 1 heterocycles. The first kappa shape index (κ1) is 14.8. The van der Waals surface area contributed by atoms with E-state index in [0.29, 0.717) is 31.0 Å². The average molecular weight is 280 g/mol. The Bertz CT molecular complexity index is 473. The van der Waals surface area contributed by atoms with Gasteiger partial charge in [-0.05, 0) is 31.9 Å². The zero-order valence-electron chi connectivity index (χ0n) is 12.0. The molecule has 110 valence electrons. The summed E-state index contributed by atoms with van der Waals surface area (Å²) in [6, 6.07) is 4.76. The van der Waals surface area contributed by atoms with Crippen molar-refractivity contribution in [2.45, 2.75) is 25.8 Å². The third-order valence-electron chi connectivity index (χ3n) is 3.66. The zero-order chi connectivity index (χ0) is 14.5. The van der Waals surface area contributed by atoms with Crippen molar-refractivity contribution in [3.63, 3.8) is 0 Å². The molecule has 1 aromatic carbocycles. The molecule has 0 radical (unpaired) electrons. The van der Waals surface area contributed by atoms with Crippen molar-refractivity contribution in [2.75, 3.05) is 32.1 Å². The van der Waals surface area contributed by atoms with E-state index in [2.05, 4.69) is 5.32 Å². The van der Waals surface area contributed by atoms with Crippen LogP contribution in [0.5, 0.6) is 0 Å². The molecular weight excluding hydrogens is 259 g/mol. The van der Waals surface area contributed by atoms with Gasteiger partial charge in [-0.25, -0.2) is 4.39 Å². The van der Waals surface area contributed by atoms with E-state index in [-0.39, 0.29) is 11.9 Å². The topological polar surface area (TPSA) is 41.6 Å². The van der Waals surface area contributed by atoms with Gasteiger partial charge < -0.3 is 15.0 Å². The average Bonchev–Trinajstić information content (AvgIpc) is 2.49. The number of carbonyl (C=O) groups excluding carboxylic acids is 1. The van der Waals surface area contributed by atoms with Gasteiger partial charge in [-0.1, -0.05) is 6.07 Å². The van der Waals surface area contributed by atoms with Crippen molar-refractivity contribution in [3.8, 4) is 0 Å². The molecule has 1 N–H and O–H groups in total. The van der Waals surface area contributed by atoms with Gasteiger partial charge in [0.1, 0.15) is 5.82 Å². The number of nitrogens with one attached hydrogen (secondary N) is 1. The molecule has 0 atom stereocenters. The second kappa shape index (κ2) is 6.70. The minimum atomic E-state index is -0.391. The second-order valence-corrected chi connectivity index (χ2v) is 4.95. The number of nitrogens with zero attached hydrogens (tertiary/aromatic N) is 1. The van der Waals surface area contributed by atoms with Crippen LogP contribution in [0.25, 0.3) is 0 Å². The molecule has 5 heteroatoms. The highest BCUT2D eigenvalue weighted by atomic mass is 19.1. The van der Waals surface area contributed by atoms with Crippen molar-refractivity contribution in [3.05, 3.63) is 29.6 Å². The molecular formula is C15H21FN2O2. The smallest absolute Gasteiger partial charge is 0.256 e. The predicted octanol–water partition coefficient (Wildman–Crippen LogP) is 2.51. The summed E-state index contributed by atoms with van der Waals surface area (Å²) in [5, 5.41) is 2.94. The van der Waals surface area contributed by atoms with E-state index in [1.807, 2.05) is 6.92 Å². The Hall–Kier alpha value is -1.62. The van der Waals surface area contributed by atoms with Crippen molar-refractivity contribution in [1.82, 2.24) is 4.90 Å². The molecule has 4 nitrogen and oxygen atoms in total. The summed E-state index contributed by atoms with van der Waals surface area (Å²) >= 11 is 0. The van der Waals surface area contributed by atoms with Crippen molar-refractivity contribution < 1.29 is 13.9 Å². The number of hydrogen-bond acceptors (Lipinski definition) is 3. The van der Waals surface area contributed by atoms with Gasteiger partial charge in [0.2, 0.25) is 0 Å². The Balaban J connectivity index is 2.21. The lowest BCUT2D eigenvalue weighted by Gasteiger charge is -2.31. The number of para-hydroxylation sites is 1. The Kier molecular flexibility index (Phi) is 4.95. The summed E-state index contributed by atoms with van der Waals surface area (Å²) < 4.78 is 19.2. The van der Waals surface area contributed by atoms with Crippen LogP contribution in [0.15, 0.2) is 18.2 Å². The molecule has 0 aromatic heterocycles. The van der Waals surface area contributed by atoms with Crippen LogP contribution >= 0.6 is 0 Å². The number of halogens is 1. The van der Waals surface area contributed by atoms with Gasteiger partial charge >= 0.3 is 0 Å². The van der Waals surface area contributed by atoms with Gasteiger partial charge in [0.05, 0.1) is 11.3 Å². The largest absolute Gasteiger partial charge is 0.382 e. The third kappa shape index (κ3) is 3.10. The lowest BCUT2D eigenvalue weighted by molar-refractivity contribution is 0.0362. The summed E-state index contributed by atoms with van der Waals surface area (Å²) in [4.78, 5) is 14.3. The third-order valence-corrected chi connectivity index (χ3v) is 3.66. The van der Waals surface area contributed by atoms with Crippen molar-refractivity contribution >= 4 is 11.6 Å². The lowest BCUT2D eigenvalue weighted by Crippen LogP contribution is -2.40. The van der Waals surface area contributed by atoms with Crippen LogP contribution in [0.1, 0.15) is 30.1 Å². The SMILES string of the molecule is CCNc1c(F)cccc1C(=O)N(C)C1CCOCC1. The van der Waals surface area contributed by atoms with Crippen LogP contribution in [0.2, 0.25) is 0 Å². The number of rotatable bonds is 4. The highest BCUT2D eigenvalue weighted by Crippen LogP contribution is 2.23. The molecule has 20 heavy (non-hydrogen) atoms. The van der Waals surface area contributed by atoms with Gasteiger partial charge in [-0.15, -0.1) is 0 Å². The first-order chi connectivity index (χ1) is 9.65. The summed E-state index contributed by atoms with van der Waals surface area (Å²) in [5.74, 6) is -0.537. The van der Waals surface area contributed by atoms with Crippen LogP contribution in [0, 0.1) is 5.82 Å². The Labute approximate surface area is 118 Å². The summed E-state index contributed by atoms with van der Waals surface area (Å²) in [7, 11) is 1.78. The predicted molar refractivity (Wildman–Crippen MR) is 76.5 cm³/mol. The first-order valence-corrected chi connectivity index (χ1v) is 7.02.